The molecule has 8 nitrogen and oxygen atoms in total. The second-order valence-electron chi connectivity index (χ2n) is 7.08. The van der Waals surface area contributed by atoms with Gasteiger partial charge in [-0.15, -0.1) is 0 Å². The van der Waals surface area contributed by atoms with Crippen molar-refractivity contribution in [3.8, 4) is 34.5 Å². The summed E-state index contributed by atoms with van der Waals surface area (Å²) >= 11 is 0. The summed E-state index contributed by atoms with van der Waals surface area (Å²) in [5.41, 5.74) is 0.635. The van der Waals surface area contributed by atoms with Crippen LogP contribution in [0.5, 0.6) is 34.5 Å². The summed E-state index contributed by atoms with van der Waals surface area (Å²) in [6, 6.07) is 4.89. The van der Waals surface area contributed by atoms with Crippen molar-refractivity contribution in [2.24, 2.45) is 0 Å². The number of carbonyl (C=O) groups is 1. The van der Waals surface area contributed by atoms with Gasteiger partial charge >= 0.3 is 5.97 Å². The Balaban J connectivity index is 1.94. The third kappa shape index (κ3) is 4.42. The fraction of sp³-hybridized carbons (Fsp3) is 0.381. The molecular weight excluding hydrogens is 380 g/mol. The monoisotopic (exact) mass is 404 g/mol. The predicted octanol–water partition coefficient (Wildman–Crippen LogP) is 3.38. The van der Waals surface area contributed by atoms with Crippen molar-refractivity contribution in [3.05, 3.63) is 35.4 Å². The number of aromatic hydroxyl groups is 5. The number of ether oxygens (including phenoxy) is 2. The summed E-state index contributed by atoms with van der Waals surface area (Å²) in [6.07, 6.45) is 1.09. The van der Waals surface area contributed by atoms with E-state index in [0.717, 1.165) is 12.8 Å². The first-order valence-electron chi connectivity index (χ1n) is 9.46. The van der Waals surface area contributed by atoms with Crippen LogP contribution in [0.4, 0.5) is 0 Å². The molecule has 156 valence electrons. The number of unbranched alkanes of at least 4 members (excludes halogenated alkanes) is 2. The van der Waals surface area contributed by atoms with E-state index in [4.69, 9.17) is 9.47 Å². The lowest BCUT2D eigenvalue weighted by Crippen LogP contribution is -2.34. The molecule has 1 aliphatic heterocycles. The maximum Gasteiger partial charge on any atom is 0.306 e. The van der Waals surface area contributed by atoms with Gasteiger partial charge in [0.2, 0.25) is 0 Å². The SMILES string of the molecule is CCCCCC(=O)O[C@@H]1Cc2c(O)cc(O)cc2O[C@@H]1c1cc(O)c(O)c(O)c1. The van der Waals surface area contributed by atoms with E-state index in [1.165, 1.54) is 24.3 Å². The Kier molecular flexibility index (Phi) is 5.91. The molecule has 2 aromatic rings. The summed E-state index contributed by atoms with van der Waals surface area (Å²) in [5, 5.41) is 49.2. The van der Waals surface area contributed by atoms with Gasteiger partial charge in [-0.3, -0.25) is 4.79 Å². The second-order valence-corrected chi connectivity index (χ2v) is 7.08. The largest absolute Gasteiger partial charge is 0.508 e. The van der Waals surface area contributed by atoms with E-state index in [1.807, 2.05) is 6.92 Å². The van der Waals surface area contributed by atoms with Crippen molar-refractivity contribution in [3.63, 3.8) is 0 Å². The summed E-state index contributed by atoms with van der Waals surface area (Å²) < 4.78 is 11.5. The third-order valence-electron chi connectivity index (χ3n) is 4.85. The van der Waals surface area contributed by atoms with Gasteiger partial charge < -0.3 is 35.0 Å². The molecule has 5 N–H and O–H groups in total. The molecule has 29 heavy (non-hydrogen) atoms. The average Bonchev–Trinajstić information content (AvgIpc) is 2.66. The Labute approximate surface area is 167 Å². The Bertz CT molecular complexity index is 885. The van der Waals surface area contributed by atoms with Crippen LogP contribution in [0.2, 0.25) is 0 Å². The van der Waals surface area contributed by atoms with Crippen LogP contribution in [0.25, 0.3) is 0 Å². The molecule has 1 heterocycles. The molecule has 3 rings (SSSR count). The molecule has 1 aliphatic rings. The van der Waals surface area contributed by atoms with Gasteiger partial charge in [0.15, 0.2) is 23.4 Å². The quantitative estimate of drug-likeness (QED) is 0.281. The lowest BCUT2D eigenvalue weighted by atomic mass is 9.93. The van der Waals surface area contributed by atoms with Crippen LogP contribution in [-0.2, 0) is 16.0 Å². The molecule has 0 unspecified atom stereocenters. The smallest absolute Gasteiger partial charge is 0.306 e. The fourth-order valence-electron chi connectivity index (χ4n) is 3.37. The molecule has 0 aliphatic carbocycles. The van der Waals surface area contributed by atoms with Crippen molar-refractivity contribution in [1.29, 1.82) is 0 Å². The first kappa shape index (κ1) is 20.4. The zero-order valence-corrected chi connectivity index (χ0v) is 16.0. The molecule has 0 amide bonds. The van der Waals surface area contributed by atoms with E-state index in [2.05, 4.69) is 0 Å². The summed E-state index contributed by atoms with van der Waals surface area (Å²) in [7, 11) is 0. The van der Waals surface area contributed by atoms with Gasteiger partial charge in [-0.25, -0.2) is 0 Å². The average molecular weight is 404 g/mol. The summed E-state index contributed by atoms with van der Waals surface area (Å²) in [6.45, 7) is 2.02. The standard InChI is InChI=1S/C21H24O8/c1-2-3-4-5-19(26)28-18-10-13-14(23)8-12(22)9-17(13)29-21(18)11-6-15(24)20(27)16(25)7-11/h6-9,18,21-25,27H,2-5,10H2,1H3/t18-,21-/m1/s1. The Hall–Kier alpha value is -3.29. The molecule has 8 heteroatoms. The van der Waals surface area contributed by atoms with Crippen molar-refractivity contribution < 1.29 is 39.8 Å². The van der Waals surface area contributed by atoms with Crippen LogP contribution in [0.1, 0.15) is 49.8 Å². The first-order chi connectivity index (χ1) is 13.8. The number of benzene rings is 2. The van der Waals surface area contributed by atoms with Gasteiger partial charge in [-0.1, -0.05) is 19.8 Å². The van der Waals surface area contributed by atoms with Crippen LogP contribution in [0.3, 0.4) is 0 Å². The van der Waals surface area contributed by atoms with E-state index in [1.54, 1.807) is 0 Å². The van der Waals surface area contributed by atoms with Crippen molar-refractivity contribution in [1.82, 2.24) is 0 Å². The fourth-order valence-corrected chi connectivity index (χ4v) is 3.37. The minimum Gasteiger partial charge on any atom is -0.508 e. The van der Waals surface area contributed by atoms with Gasteiger partial charge in [0.25, 0.3) is 0 Å². The van der Waals surface area contributed by atoms with Gasteiger partial charge in [0, 0.05) is 36.1 Å². The maximum absolute atomic E-state index is 12.3. The van der Waals surface area contributed by atoms with Crippen LogP contribution >= 0.6 is 0 Å². The molecule has 2 aromatic carbocycles. The van der Waals surface area contributed by atoms with Crippen LogP contribution < -0.4 is 4.74 Å². The summed E-state index contributed by atoms with van der Waals surface area (Å²) in [4.78, 5) is 12.3. The zero-order valence-electron chi connectivity index (χ0n) is 16.0. The van der Waals surface area contributed by atoms with E-state index in [9.17, 15) is 30.3 Å². The van der Waals surface area contributed by atoms with Gasteiger partial charge in [-0.05, 0) is 18.6 Å². The van der Waals surface area contributed by atoms with E-state index < -0.39 is 35.4 Å². The number of rotatable bonds is 6. The first-order valence-corrected chi connectivity index (χ1v) is 9.46. The normalized spacial score (nSPS) is 18.0. The van der Waals surface area contributed by atoms with Gasteiger partial charge in [-0.2, -0.15) is 0 Å². The highest BCUT2D eigenvalue weighted by molar-refractivity contribution is 5.70. The number of esters is 1. The molecule has 0 fully saturated rings. The number of phenols is 5. The predicted molar refractivity (Wildman–Crippen MR) is 102 cm³/mol. The molecule has 0 saturated heterocycles. The highest BCUT2D eigenvalue weighted by Crippen LogP contribution is 2.45. The van der Waals surface area contributed by atoms with Crippen LogP contribution in [0.15, 0.2) is 24.3 Å². The molecule has 2 atom stereocenters. The molecule has 0 spiro atoms. The maximum atomic E-state index is 12.3. The topological polar surface area (TPSA) is 137 Å². The third-order valence-corrected chi connectivity index (χ3v) is 4.85. The molecule has 0 bridgehead atoms. The summed E-state index contributed by atoms with van der Waals surface area (Å²) in [5.74, 6) is -2.41. The number of carbonyl (C=O) groups excluding carboxylic acids is 1. The lowest BCUT2D eigenvalue weighted by Gasteiger charge is -2.34. The Morgan fingerprint density at radius 1 is 1.03 bits per heavy atom. The molecule has 0 saturated carbocycles. The lowest BCUT2D eigenvalue weighted by molar-refractivity contribution is -0.155. The van der Waals surface area contributed by atoms with E-state index in [0.29, 0.717) is 12.0 Å². The number of fused-ring (bicyclic) bond motifs is 1. The number of phenolic OH excluding ortho intramolecular Hbond substituents is 5. The number of hydrogen-bond donors (Lipinski definition) is 5. The Morgan fingerprint density at radius 3 is 2.38 bits per heavy atom. The van der Waals surface area contributed by atoms with Gasteiger partial charge in [0.1, 0.15) is 23.4 Å². The van der Waals surface area contributed by atoms with Crippen LogP contribution in [-0.4, -0.2) is 37.6 Å². The van der Waals surface area contributed by atoms with E-state index in [-0.39, 0.29) is 35.7 Å². The molecule has 0 radical (unpaired) electrons. The zero-order chi connectivity index (χ0) is 21.1. The highest BCUT2D eigenvalue weighted by atomic mass is 16.6. The highest BCUT2D eigenvalue weighted by Gasteiger charge is 2.36. The van der Waals surface area contributed by atoms with Crippen molar-refractivity contribution in [2.45, 2.75) is 51.2 Å². The van der Waals surface area contributed by atoms with E-state index >= 15 is 0 Å². The van der Waals surface area contributed by atoms with Crippen molar-refractivity contribution in [2.75, 3.05) is 0 Å². The second kappa shape index (κ2) is 8.38. The minimum absolute atomic E-state index is 0.105. The molecular formula is C21H24O8. The minimum atomic E-state index is -0.934. The number of hydrogen-bond acceptors (Lipinski definition) is 8. The Morgan fingerprint density at radius 2 is 1.72 bits per heavy atom. The van der Waals surface area contributed by atoms with Crippen LogP contribution in [0, 0.1) is 0 Å². The van der Waals surface area contributed by atoms with Gasteiger partial charge in [0.05, 0.1) is 0 Å². The molecule has 0 aromatic heterocycles. The van der Waals surface area contributed by atoms with Crippen molar-refractivity contribution >= 4 is 5.97 Å².